The smallest absolute Gasteiger partial charge is 0.151 e. The van der Waals surface area contributed by atoms with E-state index in [0.29, 0.717) is 18.4 Å². The van der Waals surface area contributed by atoms with Gasteiger partial charge in [-0.2, -0.15) is 0 Å². The standard InChI is InChI=1S/C13H25N3O/c1-10(2)7-16(8-11(3)4)9-13-5-12(6-14)15-17-13/h5,10-11H,6-9,14H2,1-4H3. The van der Waals surface area contributed by atoms with Crippen molar-refractivity contribution < 1.29 is 4.52 Å². The number of hydrogen-bond donors (Lipinski definition) is 1. The molecule has 0 saturated heterocycles. The summed E-state index contributed by atoms with van der Waals surface area (Å²) in [6.45, 7) is 12.4. The molecule has 2 N–H and O–H groups in total. The van der Waals surface area contributed by atoms with Gasteiger partial charge in [0.05, 0.1) is 12.2 Å². The number of hydrogen-bond acceptors (Lipinski definition) is 4. The van der Waals surface area contributed by atoms with Crippen LogP contribution in [-0.2, 0) is 13.1 Å². The SMILES string of the molecule is CC(C)CN(Cc1cc(CN)no1)CC(C)C. The first kappa shape index (κ1) is 14.2. The third-order valence-corrected chi connectivity index (χ3v) is 2.44. The zero-order chi connectivity index (χ0) is 12.8. The fraction of sp³-hybridized carbons (Fsp3) is 0.769. The van der Waals surface area contributed by atoms with Crippen LogP contribution in [0.2, 0.25) is 0 Å². The van der Waals surface area contributed by atoms with Gasteiger partial charge in [0, 0.05) is 25.7 Å². The van der Waals surface area contributed by atoms with Crippen LogP contribution in [0.15, 0.2) is 10.6 Å². The molecule has 0 fully saturated rings. The Hall–Kier alpha value is -0.870. The van der Waals surface area contributed by atoms with Crippen molar-refractivity contribution in [3.05, 3.63) is 17.5 Å². The molecule has 0 aromatic carbocycles. The zero-order valence-corrected chi connectivity index (χ0v) is 11.4. The third kappa shape index (κ3) is 5.33. The van der Waals surface area contributed by atoms with Gasteiger partial charge in [0.15, 0.2) is 5.76 Å². The number of nitrogens with two attached hydrogens (primary N) is 1. The van der Waals surface area contributed by atoms with Crippen LogP contribution < -0.4 is 5.73 Å². The van der Waals surface area contributed by atoms with Gasteiger partial charge in [-0.25, -0.2) is 0 Å². The van der Waals surface area contributed by atoms with Crippen molar-refractivity contribution in [2.45, 2.75) is 40.8 Å². The van der Waals surface area contributed by atoms with Gasteiger partial charge in [-0.1, -0.05) is 32.9 Å². The highest BCUT2D eigenvalue weighted by Crippen LogP contribution is 2.11. The second-order valence-corrected chi connectivity index (χ2v) is 5.47. The van der Waals surface area contributed by atoms with E-state index in [4.69, 9.17) is 10.3 Å². The molecule has 1 rings (SSSR count). The van der Waals surface area contributed by atoms with Gasteiger partial charge < -0.3 is 10.3 Å². The summed E-state index contributed by atoms with van der Waals surface area (Å²) >= 11 is 0. The molecule has 0 radical (unpaired) electrons. The average molecular weight is 239 g/mol. The molecule has 0 bridgehead atoms. The summed E-state index contributed by atoms with van der Waals surface area (Å²) in [6, 6.07) is 1.95. The van der Waals surface area contributed by atoms with Gasteiger partial charge in [0.25, 0.3) is 0 Å². The first-order valence-electron chi connectivity index (χ1n) is 6.38. The van der Waals surface area contributed by atoms with E-state index in [0.717, 1.165) is 31.1 Å². The van der Waals surface area contributed by atoms with Gasteiger partial charge in [-0.05, 0) is 11.8 Å². The van der Waals surface area contributed by atoms with Crippen LogP contribution in [0.5, 0.6) is 0 Å². The Balaban J connectivity index is 2.57. The number of aromatic nitrogens is 1. The van der Waals surface area contributed by atoms with Crippen LogP contribution in [0.4, 0.5) is 0 Å². The normalized spacial score (nSPS) is 12.0. The quantitative estimate of drug-likeness (QED) is 0.793. The van der Waals surface area contributed by atoms with E-state index in [2.05, 4.69) is 37.8 Å². The second-order valence-electron chi connectivity index (χ2n) is 5.47. The van der Waals surface area contributed by atoms with Crippen molar-refractivity contribution in [2.24, 2.45) is 17.6 Å². The minimum atomic E-state index is 0.442. The van der Waals surface area contributed by atoms with E-state index in [1.807, 2.05) is 6.07 Å². The molecule has 0 unspecified atom stereocenters. The monoisotopic (exact) mass is 239 g/mol. The van der Waals surface area contributed by atoms with E-state index in [9.17, 15) is 0 Å². The van der Waals surface area contributed by atoms with Crippen LogP contribution in [0, 0.1) is 11.8 Å². The van der Waals surface area contributed by atoms with Crippen molar-refractivity contribution in [1.82, 2.24) is 10.1 Å². The van der Waals surface area contributed by atoms with Crippen molar-refractivity contribution in [3.63, 3.8) is 0 Å². The summed E-state index contributed by atoms with van der Waals surface area (Å²) in [7, 11) is 0. The van der Waals surface area contributed by atoms with Gasteiger partial charge >= 0.3 is 0 Å². The summed E-state index contributed by atoms with van der Waals surface area (Å²) in [6.07, 6.45) is 0. The van der Waals surface area contributed by atoms with E-state index in [-0.39, 0.29) is 0 Å². The predicted molar refractivity (Wildman–Crippen MR) is 69.3 cm³/mol. The summed E-state index contributed by atoms with van der Waals surface area (Å²) in [5.74, 6) is 2.23. The van der Waals surface area contributed by atoms with Gasteiger partial charge in [0.1, 0.15) is 0 Å². The molecule has 0 aliphatic heterocycles. The van der Waals surface area contributed by atoms with E-state index >= 15 is 0 Å². The molecule has 0 amide bonds. The lowest BCUT2D eigenvalue weighted by atomic mass is 10.1. The summed E-state index contributed by atoms with van der Waals surface area (Å²) in [5.41, 5.74) is 6.35. The molecular weight excluding hydrogens is 214 g/mol. The lowest BCUT2D eigenvalue weighted by molar-refractivity contribution is 0.189. The van der Waals surface area contributed by atoms with Crippen molar-refractivity contribution in [1.29, 1.82) is 0 Å². The minimum absolute atomic E-state index is 0.442. The van der Waals surface area contributed by atoms with E-state index in [1.54, 1.807) is 0 Å². The Morgan fingerprint density at radius 3 is 2.24 bits per heavy atom. The van der Waals surface area contributed by atoms with Crippen LogP contribution in [0.1, 0.15) is 39.1 Å². The molecule has 4 nitrogen and oxygen atoms in total. The molecule has 98 valence electrons. The predicted octanol–water partition coefficient (Wildman–Crippen LogP) is 2.25. The fourth-order valence-electron chi connectivity index (χ4n) is 1.98. The molecule has 1 heterocycles. The number of rotatable bonds is 7. The Kier molecular flexibility index (Phi) is 5.65. The highest BCUT2D eigenvalue weighted by molar-refractivity contribution is 5.04. The Morgan fingerprint density at radius 1 is 1.24 bits per heavy atom. The topological polar surface area (TPSA) is 55.3 Å². The van der Waals surface area contributed by atoms with Crippen molar-refractivity contribution in [2.75, 3.05) is 13.1 Å². The third-order valence-electron chi connectivity index (χ3n) is 2.44. The van der Waals surface area contributed by atoms with Crippen molar-refractivity contribution in [3.8, 4) is 0 Å². The van der Waals surface area contributed by atoms with Crippen LogP contribution in [0.25, 0.3) is 0 Å². The second kappa shape index (κ2) is 6.77. The first-order chi connectivity index (χ1) is 8.01. The fourth-order valence-corrected chi connectivity index (χ4v) is 1.98. The van der Waals surface area contributed by atoms with Gasteiger partial charge in [-0.3, -0.25) is 4.90 Å². The lowest BCUT2D eigenvalue weighted by Gasteiger charge is -2.24. The minimum Gasteiger partial charge on any atom is -0.360 e. The molecule has 0 aliphatic rings. The van der Waals surface area contributed by atoms with Crippen molar-refractivity contribution >= 4 is 0 Å². The highest BCUT2D eigenvalue weighted by atomic mass is 16.5. The van der Waals surface area contributed by atoms with Crippen LogP contribution >= 0.6 is 0 Å². The molecule has 0 spiro atoms. The van der Waals surface area contributed by atoms with Gasteiger partial charge in [0.2, 0.25) is 0 Å². The molecule has 1 aromatic rings. The zero-order valence-electron chi connectivity index (χ0n) is 11.4. The molecule has 1 aromatic heterocycles. The largest absolute Gasteiger partial charge is 0.360 e. The molecule has 17 heavy (non-hydrogen) atoms. The van der Waals surface area contributed by atoms with Crippen LogP contribution in [0.3, 0.4) is 0 Å². The lowest BCUT2D eigenvalue weighted by Crippen LogP contribution is -2.30. The first-order valence-corrected chi connectivity index (χ1v) is 6.38. The molecule has 0 saturated carbocycles. The maximum Gasteiger partial charge on any atom is 0.151 e. The Morgan fingerprint density at radius 2 is 1.82 bits per heavy atom. The maximum absolute atomic E-state index is 5.52. The molecule has 4 heteroatoms. The summed E-state index contributed by atoms with van der Waals surface area (Å²) in [5, 5.41) is 3.92. The molecular formula is C13H25N3O. The summed E-state index contributed by atoms with van der Waals surface area (Å²) < 4.78 is 5.28. The number of nitrogens with zero attached hydrogens (tertiary/aromatic N) is 2. The van der Waals surface area contributed by atoms with E-state index in [1.165, 1.54) is 0 Å². The van der Waals surface area contributed by atoms with E-state index < -0.39 is 0 Å². The highest BCUT2D eigenvalue weighted by Gasteiger charge is 2.13. The Labute approximate surface area is 104 Å². The molecule has 0 atom stereocenters. The van der Waals surface area contributed by atoms with Gasteiger partial charge in [-0.15, -0.1) is 0 Å². The molecule has 0 aliphatic carbocycles. The average Bonchev–Trinajstić information content (AvgIpc) is 2.63. The maximum atomic E-state index is 5.52. The van der Waals surface area contributed by atoms with Crippen LogP contribution in [-0.4, -0.2) is 23.1 Å². The Bertz CT molecular complexity index is 310. The summed E-state index contributed by atoms with van der Waals surface area (Å²) in [4.78, 5) is 2.41.